The number of benzene rings is 2. The standard InChI is InChI=1S/C20H14BrClN2O6S/c21-12-4-5-15(30-10-18(26)27)11(6-12)7-16-19(28)24(20(29)31-16)9-17(25)23-14-3-1-2-13(22)8-14/h1-8H,9-10H2,(H,23,25)(H,26,27)/b16-7+. The fourth-order valence-electron chi connectivity index (χ4n) is 2.59. The molecule has 0 bridgehead atoms. The second-order valence-electron chi connectivity index (χ2n) is 6.19. The molecule has 11 heteroatoms. The van der Waals surface area contributed by atoms with E-state index in [9.17, 15) is 19.2 Å². The number of hydrogen-bond acceptors (Lipinski definition) is 6. The topological polar surface area (TPSA) is 113 Å². The number of carbonyl (C=O) groups is 4. The fourth-order valence-corrected chi connectivity index (χ4v) is 3.99. The molecular formula is C20H14BrClN2O6S. The van der Waals surface area contributed by atoms with Crippen LogP contribution in [0.3, 0.4) is 0 Å². The highest BCUT2D eigenvalue weighted by molar-refractivity contribution is 9.10. The lowest BCUT2D eigenvalue weighted by Gasteiger charge is -2.12. The first-order valence-corrected chi connectivity index (χ1v) is 10.7. The fraction of sp³-hybridized carbons (Fsp3) is 0.100. The van der Waals surface area contributed by atoms with Crippen molar-refractivity contribution in [3.8, 4) is 5.75 Å². The smallest absolute Gasteiger partial charge is 0.341 e. The van der Waals surface area contributed by atoms with Crippen molar-refractivity contribution in [1.29, 1.82) is 0 Å². The molecule has 1 saturated heterocycles. The van der Waals surface area contributed by atoms with Gasteiger partial charge in [0.1, 0.15) is 12.3 Å². The van der Waals surface area contributed by atoms with Gasteiger partial charge in [0.05, 0.1) is 4.91 Å². The van der Waals surface area contributed by atoms with Crippen molar-refractivity contribution in [3.05, 3.63) is 62.4 Å². The number of aliphatic carboxylic acids is 1. The van der Waals surface area contributed by atoms with Crippen LogP contribution in [-0.4, -0.2) is 46.2 Å². The number of nitrogens with zero attached hydrogens (tertiary/aromatic N) is 1. The van der Waals surface area contributed by atoms with Gasteiger partial charge in [-0.3, -0.25) is 19.3 Å². The van der Waals surface area contributed by atoms with E-state index in [1.165, 1.54) is 6.08 Å². The summed E-state index contributed by atoms with van der Waals surface area (Å²) in [5.41, 5.74) is 0.846. The summed E-state index contributed by atoms with van der Waals surface area (Å²) in [7, 11) is 0. The van der Waals surface area contributed by atoms with Crippen molar-refractivity contribution in [1.82, 2.24) is 4.90 Å². The number of carbonyl (C=O) groups excluding carboxylic acids is 3. The van der Waals surface area contributed by atoms with Crippen molar-refractivity contribution in [2.75, 3.05) is 18.5 Å². The van der Waals surface area contributed by atoms with Crippen molar-refractivity contribution in [3.63, 3.8) is 0 Å². The third-order valence-corrected chi connectivity index (χ3v) is 5.53. The molecule has 1 heterocycles. The van der Waals surface area contributed by atoms with Gasteiger partial charge in [-0.15, -0.1) is 0 Å². The van der Waals surface area contributed by atoms with Gasteiger partial charge in [-0.1, -0.05) is 33.6 Å². The lowest BCUT2D eigenvalue weighted by molar-refractivity contribution is -0.139. The Morgan fingerprint density at radius 2 is 2.00 bits per heavy atom. The Kier molecular flexibility index (Phi) is 7.37. The molecule has 8 nitrogen and oxygen atoms in total. The molecule has 0 aromatic heterocycles. The number of carboxylic acid groups (broad SMARTS) is 1. The molecule has 2 N–H and O–H groups in total. The molecule has 2 aromatic carbocycles. The second-order valence-corrected chi connectivity index (χ2v) is 8.54. The summed E-state index contributed by atoms with van der Waals surface area (Å²) in [5.74, 6) is -2.12. The van der Waals surface area contributed by atoms with Crippen LogP contribution >= 0.6 is 39.3 Å². The van der Waals surface area contributed by atoms with Crippen LogP contribution in [0.1, 0.15) is 5.56 Å². The number of carboxylic acids is 1. The van der Waals surface area contributed by atoms with E-state index in [1.807, 2.05) is 0 Å². The Hall–Kier alpha value is -2.82. The summed E-state index contributed by atoms with van der Waals surface area (Å²) in [6.45, 7) is -1.02. The molecule has 1 fully saturated rings. The molecule has 2 aromatic rings. The summed E-state index contributed by atoms with van der Waals surface area (Å²) in [4.78, 5) is 49.0. The summed E-state index contributed by atoms with van der Waals surface area (Å²) in [6, 6.07) is 11.3. The van der Waals surface area contributed by atoms with Gasteiger partial charge in [0.2, 0.25) is 5.91 Å². The molecular weight excluding hydrogens is 512 g/mol. The number of ether oxygens (including phenoxy) is 1. The minimum absolute atomic E-state index is 0.0823. The van der Waals surface area contributed by atoms with Crippen molar-refractivity contribution in [2.45, 2.75) is 0 Å². The number of thioether (sulfide) groups is 1. The molecule has 0 spiro atoms. The third kappa shape index (κ3) is 6.09. The Balaban J connectivity index is 1.75. The van der Waals surface area contributed by atoms with E-state index in [1.54, 1.807) is 42.5 Å². The van der Waals surface area contributed by atoms with E-state index in [2.05, 4.69) is 21.2 Å². The van der Waals surface area contributed by atoms with Gasteiger partial charge in [-0.2, -0.15) is 0 Å². The van der Waals surface area contributed by atoms with Crippen LogP contribution in [0.15, 0.2) is 51.8 Å². The summed E-state index contributed by atoms with van der Waals surface area (Å²) < 4.78 is 5.90. The molecule has 0 unspecified atom stereocenters. The number of nitrogens with one attached hydrogen (secondary N) is 1. The molecule has 160 valence electrons. The van der Waals surface area contributed by atoms with Crippen LogP contribution in [0.4, 0.5) is 10.5 Å². The molecule has 3 rings (SSSR count). The minimum atomic E-state index is -1.15. The highest BCUT2D eigenvalue weighted by Gasteiger charge is 2.36. The molecule has 0 aliphatic carbocycles. The zero-order valence-electron chi connectivity index (χ0n) is 15.6. The number of imide groups is 1. The zero-order valence-corrected chi connectivity index (χ0v) is 18.8. The number of hydrogen-bond donors (Lipinski definition) is 2. The molecule has 1 aliphatic heterocycles. The molecule has 31 heavy (non-hydrogen) atoms. The third-order valence-electron chi connectivity index (χ3n) is 3.89. The summed E-state index contributed by atoms with van der Waals surface area (Å²) in [6.07, 6.45) is 1.42. The predicted octanol–water partition coefficient (Wildman–Crippen LogP) is 4.24. The number of rotatable bonds is 7. The van der Waals surface area contributed by atoms with E-state index in [0.717, 1.165) is 4.90 Å². The minimum Gasteiger partial charge on any atom is -0.481 e. The Bertz CT molecular complexity index is 1110. The van der Waals surface area contributed by atoms with E-state index in [0.29, 0.717) is 32.5 Å². The maximum absolute atomic E-state index is 12.7. The molecule has 1 aliphatic rings. The first kappa shape index (κ1) is 22.9. The SMILES string of the molecule is O=C(O)COc1ccc(Br)cc1/C=C1/SC(=O)N(CC(=O)Nc2cccc(Cl)c2)C1=O. The van der Waals surface area contributed by atoms with Crippen LogP contribution in [0.25, 0.3) is 6.08 Å². The normalized spacial score (nSPS) is 14.8. The van der Waals surface area contributed by atoms with Crippen LogP contribution in [0.2, 0.25) is 5.02 Å². The van der Waals surface area contributed by atoms with E-state index < -0.39 is 36.2 Å². The van der Waals surface area contributed by atoms with Crippen LogP contribution in [-0.2, 0) is 14.4 Å². The zero-order chi connectivity index (χ0) is 22.5. The number of halogens is 2. The molecule has 0 radical (unpaired) electrons. The van der Waals surface area contributed by atoms with Gasteiger partial charge in [-0.25, -0.2) is 4.79 Å². The number of anilines is 1. The largest absolute Gasteiger partial charge is 0.481 e. The second kappa shape index (κ2) is 9.99. The van der Waals surface area contributed by atoms with Crippen molar-refractivity contribution >= 4 is 74.1 Å². The van der Waals surface area contributed by atoms with E-state index in [-0.39, 0.29) is 10.7 Å². The quantitative estimate of drug-likeness (QED) is 0.520. The average molecular weight is 526 g/mol. The summed E-state index contributed by atoms with van der Waals surface area (Å²) >= 11 is 9.86. The van der Waals surface area contributed by atoms with Gasteiger partial charge >= 0.3 is 5.97 Å². The molecule has 0 atom stereocenters. The van der Waals surface area contributed by atoms with E-state index >= 15 is 0 Å². The highest BCUT2D eigenvalue weighted by atomic mass is 79.9. The van der Waals surface area contributed by atoms with Gasteiger partial charge in [-0.05, 0) is 54.2 Å². The first-order valence-electron chi connectivity index (χ1n) is 8.68. The van der Waals surface area contributed by atoms with Crippen LogP contribution < -0.4 is 10.1 Å². The highest BCUT2D eigenvalue weighted by Crippen LogP contribution is 2.34. The average Bonchev–Trinajstić information content (AvgIpc) is 2.94. The Morgan fingerprint density at radius 1 is 1.23 bits per heavy atom. The lowest BCUT2D eigenvalue weighted by Crippen LogP contribution is -2.36. The van der Waals surface area contributed by atoms with Gasteiger partial charge in [0.25, 0.3) is 11.1 Å². The molecule has 0 saturated carbocycles. The van der Waals surface area contributed by atoms with E-state index in [4.69, 9.17) is 21.4 Å². The summed E-state index contributed by atoms with van der Waals surface area (Å²) in [5, 5.41) is 11.2. The van der Waals surface area contributed by atoms with Crippen molar-refractivity contribution in [2.24, 2.45) is 0 Å². The maximum Gasteiger partial charge on any atom is 0.341 e. The number of amides is 3. The van der Waals surface area contributed by atoms with Crippen molar-refractivity contribution < 1.29 is 29.0 Å². The van der Waals surface area contributed by atoms with Gasteiger partial charge in [0, 0.05) is 20.7 Å². The predicted molar refractivity (Wildman–Crippen MR) is 120 cm³/mol. The van der Waals surface area contributed by atoms with Crippen LogP contribution in [0, 0.1) is 0 Å². The maximum atomic E-state index is 12.7. The first-order chi connectivity index (χ1) is 14.7. The Labute approximate surface area is 194 Å². The molecule has 3 amide bonds. The van der Waals surface area contributed by atoms with Crippen LogP contribution in [0.5, 0.6) is 5.75 Å². The monoisotopic (exact) mass is 524 g/mol. The van der Waals surface area contributed by atoms with Gasteiger partial charge in [0.15, 0.2) is 6.61 Å². The van der Waals surface area contributed by atoms with Gasteiger partial charge < -0.3 is 15.2 Å². The Morgan fingerprint density at radius 3 is 2.71 bits per heavy atom. The lowest BCUT2D eigenvalue weighted by atomic mass is 10.2.